The van der Waals surface area contributed by atoms with E-state index in [0.29, 0.717) is 12.3 Å². The maximum absolute atomic E-state index is 12.0. The van der Waals surface area contributed by atoms with Gasteiger partial charge >= 0.3 is 5.97 Å². The highest BCUT2D eigenvalue weighted by atomic mass is 16.4. The van der Waals surface area contributed by atoms with E-state index in [1.807, 2.05) is 13.0 Å². The molecule has 0 unspecified atom stereocenters. The van der Waals surface area contributed by atoms with Crippen molar-refractivity contribution in [2.24, 2.45) is 28.1 Å². The van der Waals surface area contributed by atoms with Crippen molar-refractivity contribution < 1.29 is 15.0 Å². The average Bonchev–Trinajstić information content (AvgIpc) is 2.50. The summed E-state index contributed by atoms with van der Waals surface area (Å²) < 4.78 is 0. The van der Waals surface area contributed by atoms with Gasteiger partial charge < -0.3 is 10.2 Å². The van der Waals surface area contributed by atoms with E-state index in [-0.39, 0.29) is 16.7 Å². The maximum Gasteiger partial charge on any atom is 0.309 e. The van der Waals surface area contributed by atoms with Gasteiger partial charge in [0.15, 0.2) is 0 Å². The number of aliphatic hydroxyl groups is 1. The van der Waals surface area contributed by atoms with Crippen LogP contribution < -0.4 is 0 Å². The Bertz CT molecular complexity index is 565. The quantitative estimate of drug-likeness (QED) is 0.751. The summed E-state index contributed by atoms with van der Waals surface area (Å²) in [4.78, 5) is 12.0. The molecule has 2 N–H and O–H groups in total. The second kappa shape index (κ2) is 5.20. The summed E-state index contributed by atoms with van der Waals surface area (Å²) in [6, 6.07) is 0. The molecule has 0 aliphatic heterocycles. The Morgan fingerprint density at radius 2 is 2.00 bits per heavy atom. The lowest BCUT2D eigenvalue weighted by Crippen LogP contribution is -2.57. The summed E-state index contributed by atoms with van der Waals surface area (Å²) >= 11 is 0. The first kappa shape index (κ1) is 16.8. The van der Waals surface area contributed by atoms with Crippen LogP contribution in [-0.4, -0.2) is 22.3 Å². The van der Waals surface area contributed by atoms with Crippen LogP contribution in [0.15, 0.2) is 24.3 Å². The maximum atomic E-state index is 12.0. The number of hydrogen-bond donors (Lipinski definition) is 2. The molecule has 23 heavy (non-hydrogen) atoms. The summed E-state index contributed by atoms with van der Waals surface area (Å²) in [5, 5.41) is 20.6. The highest BCUT2D eigenvalue weighted by molar-refractivity contribution is 5.75. The molecule has 6 atom stereocenters. The van der Waals surface area contributed by atoms with Gasteiger partial charge in [-0.05, 0) is 61.9 Å². The van der Waals surface area contributed by atoms with Gasteiger partial charge in [0.25, 0.3) is 0 Å². The minimum Gasteiger partial charge on any atom is -0.481 e. The monoisotopic (exact) mass is 318 g/mol. The number of aliphatic hydroxyl groups excluding tert-OH is 1. The molecule has 3 aliphatic rings. The van der Waals surface area contributed by atoms with Gasteiger partial charge in [0.05, 0.1) is 11.5 Å². The van der Waals surface area contributed by atoms with Gasteiger partial charge in [-0.15, -0.1) is 6.58 Å². The Hall–Kier alpha value is -1.09. The van der Waals surface area contributed by atoms with E-state index >= 15 is 0 Å². The van der Waals surface area contributed by atoms with Gasteiger partial charge in [-0.3, -0.25) is 4.79 Å². The van der Waals surface area contributed by atoms with Crippen molar-refractivity contribution in [2.45, 2.75) is 65.4 Å². The molecule has 0 amide bonds. The molecule has 0 aromatic heterocycles. The first-order valence-corrected chi connectivity index (χ1v) is 8.94. The lowest BCUT2D eigenvalue weighted by molar-refractivity contribution is -0.168. The smallest absolute Gasteiger partial charge is 0.309 e. The lowest BCUT2D eigenvalue weighted by atomic mass is 9.44. The van der Waals surface area contributed by atoms with Crippen molar-refractivity contribution in [3.63, 3.8) is 0 Å². The predicted molar refractivity (Wildman–Crippen MR) is 90.9 cm³/mol. The fourth-order valence-corrected chi connectivity index (χ4v) is 5.85. The van der Waals surface area contributed by atoms with Crippen molar-refractivity contribution in [3.8, 4) is 0 Å². The van der Waals surface area contributed by atoms with Crippen molar-refractivity contribution in [1.29, 1.82) is 0 Å². The number of carbonyl (C=O) groups is 1. The molecule has 2 fully saturated rings. The van der Waals surface area contributed by atoms with Gasteiger partial charge in [-0.25, -0.2) is 0 Å². The first-order chi connectivity index (χ1) is 10.7. The standard InChI is InChI=1S/C20H30O3/c1-5-18(2)10-7-14-13(12-18)15(21)11-16-19(14,3)8-6-9-20(16,4)17(22)23/h5,12,14-16,21H,1,6-11H2,2-4H3,(H,22,23)/t14-,15-,16+,18+,19-,20-/m1/s1. The van der Waals surface area contributed by atoms with Gasteiger partial charge in [-0.2, -0.15) is 0 Å². The summed E-state index contributed by atoms with van der Waals surface area (Å²) in [7, 11) is 0. The molecule has 0 aromatic rings. The molecular weight excluding hydrogens is 288 g/mol. The molecule has 0 saturated heterocycles. The third-order valence-electron chi connectivity index (χ3n) is 7.44. The Balaban J connectivity index is 2.05. The fourth-order valence-electron chi connectivity index (χ4n) is 5.85. The molecule has 3 rings (SSSR count). The predicted octanol–water partition coefficient (Wildman–Crippen LogP) is 4.18. The van der Waals surface area contributed by atoms with Crippen LogP contribution >= 0.6 is 0 Å². The number of carboxylic acids is 1. The second-order valence-corrected chi connectivity index (χ2v) is 8.83. The molecular formula is C20H30O3. The van der Waals surface area contributed by atoms with Crippen molar-refractivity contribution >= 4 is 5.97 Å². The Kier molecular flexibility index (Phi) is 3.79. The number of aliphatic carboxylic acids is 1. The highest BCUT2D eigenvalue weighted by Crippen LogP contribution is 2.63. The minimum atomic E-state index is -0.710. The fraction of sp³-hybridized carbons (Fsp3) is 0.750. The molecule has 0 aromatic carbocycles. The summed E-state index contributed by atoms with van der Waals surface area (Å²) in [6.07, 6.45) is 9.10. The highest BCUT2D eigenvalue weighted by Gasteiger charge is 2.60. The topological polar surface area (TPSA) is 57.5 Å². The Morgan fingerprint density at radius 1 is 1.30 bits per heavy atom. The van der Waals surface area contributed by atoms with Crippen LogP contribution in [0.25, 0.3) is 0 Å². The van der Waals surface area contributed by atoms with Crippen LogP contribution in [0.2, 0.25) is 0 Å². The molecule has 3 heteroatoms. The van der Waals surface area contributed by atoms with Crippen LogP contribution in [0, 0.1) is 28.1 Å². The van der Waals surface area contributed by atoms with Crippen LogP contribution in [0.3, 0.4) is 0 Å². The Labute approximate surface area is 139 Å². The van der Waals surface area contributed by atoms with E-state index in [2.05, 4.69) is 26.5 Å². The molecule has 0 bridgehead atoms. The van der Waals surface area contributed by atoms with E-state index in [9.17, 15) is 15.0 Å². The number of hydrogen-bond acceptors (Lipinski definition) is 2. The normalized spacial score (nSPS) is 49.6. The van der Waals surface area contributed by atoms with E-state index < -0.39 is 17.5 Å². The van der Waals surface area contributed by atoms with Gasteiger partial charge in [0.2, 0.25) is 0 Å². The van der Waals surface area contributed by atoms with Crippen LogP contribution in [-0.2, 0) is 4.79 Å². The van der Waals surface area contributed by atoms with Crippen molar-refractivity contribution in [2.75, 3.05) is 0 Å². The van der Waals surface area contributed by atoms with Crippen LogP contribution in [0.5, 0.6) is 0 Å². The van der Waals surface area contributed by atoms with E-state index in [1.165, 1.54) is 0 Å². The van der Waals surface area contributed by atoms with E-state index in [4.69, 9.17) is 0 Å². The zero-order valence-electron chi connectivity index (χ0n) is 14.6. The van der Waals surface area contributed by atoms with E-state index in [0.717, 1.165) is 37.7 Å². The summed E-state index contributed by atoms with van der Waals surface area (Å²) in [6.45, 7) is 10.3. The number of carboxylic acid groups (broad SMARTS) is 1. The summed E-state index contributed by atoms with van der Waals surface area (Å²) in [5.41, 5.74) is 0.380. The second-order valence-electron chi connectivity index (χ2n) is 8.83. The zero-order valence-corrected chi connectivity index (χ0v) is 14.6. The lowest BCUT2D eigenvalue weighted by Gasteiger charge is -2.60. The first-order valence-electron chi connectivity index (χ1n) is 8.94. The summed E-state index contributed by atoms with van der Waals surface area (Å²) in [5.74, 6) is -0.338. The van der Waals surface area contributed by atoms with Gasteiger partial charge in [0.1, 0.15) is 0 Å². The largest absolute Gasteiger partial charge is 0.481 e. The third kappa shape index (κ3) is 2.31. The zero-order chi connectivity index (χ0) is 17.0. The van der Waals surface area contributed by atoms with Gasteiger partial charge in [-0.1, -0.05) is 32.4 Å². The number of rotatable bonds is 2. The Morgan fingerprint density at radius 3 is 2.61 bits per heavy atom. The molecule has 0 spiro atoms. The molecule has 0 heterocycles. The molecule has 2 saturated carbocycles. The average molecular weight is 318 g/mol. The number of allylic oxidation sites excluding steroid dienone is 2. The van der Waals surface area contributed by atoms with Crippen LogP contribution in [0.4, 0.5) is 0 Å². The molecule has 3 aliphatic carbocycles. The van der Waals surface area contributed by atoms with E-state index in [1.54, 1.807) is 0 Å². The van der Waals surface area contributed by atoms with Crippen molar-refractivity contribution in [1.82, 2.24) is 0 Å². The van der Waals surface area contributed by atoms with Crippen molar-refractivity contribution in [3.05, 3.63) is 24.3 Å². The van der Waals surface area contributed by atoms with Crippen LogP contribution in [0.1, 0.15) is 59.3 Å². The molecule has 128 valence electrons. The SMILES string of the molecule is C=C[C@]1(C)C=C2[C@H](O)C[C@H]3[C@](C)(CCC[C@@]3(C)C(=O)O)[C@@H]2CC1. The third-order valence-corrected chi connectivity index (χ3v) is 7.44. The minimum absolute atomic E-state index is 0.0149. The number of fused-ring (bicyclic) bond motifs is 3. The van der Waals surface area contributed by atoms with Gasteiger partial charge in [0, 0.05) is 5.41 Å². The molecule has 3 nitrogen and oxygen atoms in total. The molecule has 0 radical (unpaired) electrons.